The normalized spacial score (nSPS) is 10.7. The zero-order valence-corrected chi connectivity index (χ0v) is 16.4. The van der Waals surface area contributed by atoms with Crippen molar-refractivity contribution in [2.45, 2.75) is 6.92 Å². The maximum absolute atomic E-state index is 14.2. The van der Waals surface area contributed by atoms with E-state index in [0.29, 0.717) is 5.56 Å². The molecular formula is C19H13BrClFN2O3. The smallest absolute Gasteiger partial charge is 0.257 e. The predicted molar refractivity (Wildman–Crippen MR) is 102 cm³/mol. The Morgan fingerprint density at radius 1 is 1.22 bits per heavy atom. The summed E-state index contributed by atoms with van der Waals surface area (Å²) in [5.74, 6) is -1.31. The number of carbonyl (C=O) groups is 2. The summed E-state index contributed by atoms with van der Waals surface area (Å²) in [5, 5.41) is 6.40. The molecule has 0 saturated carbocycles. The van der Waals surface area contributed by atoms with Gasteiger partial charge < -0.3 is 9.84 Å². The fraction of sp³-hybridized carbons (Fsp3) is 0.105. The molecule has 0 spiro atoms. The van der Waals surface area contributed by atoms with Crippen LogP contribution in [0.2, 0.25) is 5.02 Å². The quantitative estimate of drug-likeness (QED) is 0.565. The summed E-state index contributed by atoms with van der Waals surface area (Å²) in [5.41, 5.74) is 0.452. The maximum atomic E-state index is 14.2. The third-order valence-corrected chi connectivity index (χ3v) is 4.71. The molecule has 0 saturated heterocycles. The second-order valence-corrected chi connectivity index (χ2v) is 6.99. The van der Waals surface area contributed by atoms with E-state index < -0.39 is 11.7 Å². The van der Waals surface area contributed by atoms with Gasteiger partial charge in [-0.05, 0) is 31.2 Å². The summed E-state index contributed by atoms with van der Waals surface area (Å²) in [7, 11) is 0. The Kier molecular flexibility index (Phi) is 5.72. The van der Waals surface area contributed by atoms with Gasteiger partial charge in [-0.2, -0.15) is 0 Å². The van der Waals surface area contributed by atoms with Gasteiger partial charge in [0, 0.05) is 10.0 Å². The minimum absolute atomic E-state index is 0.0100. The Morgan fingerprint density at radius 2 is 1.93 bits per heavy atom. The first kappa shape index (κ1) is 19.3. The summed E-state index contributed by atoms with van der Waals surface area (Å²) in [6.07, 6.45) is 0. The third-order valence-electron chi connectivity index (χ3n) is 3.87. The van der Waals surface area contributed by atoms with Gasteiger partial charge >= 0.3 is 0 Å². The monoisotopic (exact) mass is 450 g/mol. The van der Waals surface area contributed by atoms with Crippen LogP contribution in [0.15, 0.2) is 51.5 Å². The van der Waals surface area contributed by atoms with Crippen molar-refractivity contribution >= 4 is 39.2 Å². The Morgan fingerprint density at radius 3 is 2.59 bits per heavy atom. The van der Waals surface area contributed by atoms with E-state index in [1.54, 1.807) is 24.3 Å². The molecule has 27 heavy (non-hydrogen) atoms. The van der Waals surface area contributed by atoms with Gasteiger partial charge in [0.05, 0.1) is 17.1 Å². The molecule has 0 unspecified atom stereocenters. The van der Waals surface area contributed by atoms with E-state index in [0.717, 1.165) is 4.47 Å². The summed E-state index contributed by atoms with van der Waals surface area (Å²) < 4.78 is 20.1. The molecule has 138 valence electrons. The molecule has 0 aliphatic rings. The van der Waals surface area contributed by atoms with Crippen molar-refractivity contribution in [3.8, 4) is 11.3 Å². The molecule has 0 aliphatic heterocycles. The summed E-state index contributed by atoms with van der Waals surface area (Å²) in [4.78, 5) is 24.8. The van der Waals surface area contributed by atoms with Gasteiger partial charge in [-0.15, -0.1) is 0 Å². The van der Waals surface area contributed by atoms with E-state index >= 15 is 0 Å². The van der Waals surface area contributed by atoms with Crippen LogP contribution in [0.3, 0.4) is 0 Å². The molecular weight excluding hydrogens is 439 g/mol. The van der Waals surface area contributed by atoms with Crippen molar-refractivity contribution in [3.63, 3.8) is 0 Å². The van der Waals surface area contributed by atoms with Crippen LogP contribution in [0.4, 0.5) is 4.39 Å². The molecule has 0 atom stereocenters. The molecule has 8 heteroatoms. The average Bonchev–Trinajstić information content (AvgIpc) is 3.01. The first-order valence-corrected chi connectivity index (χ1v) is 9.03. The second-order valence-electron chi connectivity index (χ2n) is 5.67. The van der Waals surface area contributed by atoms with Crippen molar-refractivity contribution < 1.29 is 18.5 Å². The second kappa shape index (κ2) is 8.02. The fourth-order valence-corrected chi connectivity index (χ4v) is 3.04. The van der Waals surface area contributed by atoms with Crippen LogP contribution in [0.25, 0.3) is 11.3 Å². The van der Waals surface area contributed by atoms with Crippen LogP contribution >= 0.6 is 27.5 Å². The lowest BCUT2D eigenvalue weighted by molar-refractivity contribution is 0.0903. The number of aryl methyl sites for hydroxylation is 1. The van der Waals surface area contributed by atoms with E-state index in [-0.39, 0.29) is 39.9 Å². The van der Waals surface area contributed by atoms with Crippen LogP contribution in [-0.4, -0.2) is 23.4 Å². The Hall–Kier alpha value is -2.51. The van der Waals surface area contributed by atoms with Crippen LogP contribution in [-0.2, 0) is 0 Å². The minimum atomic E-state index is -0.629. The minimum Gasteiger partial charge on any atom is -0.360 e. The number of carbonyl (C=O) groups excluding carboxylic acids is 2. The molecule has 0 bridgehead atoms. The van der Waals surface area contributed by atoms with Crippen LogP contribution in [0, 0.1) is 12.7 Å². The molecule has 1 heterocycles. The molecule has 1 N–H and O–H groups in total. The van der Waals surface area contributed by atoms with Crippen molar-refractivity contribution in [2.75, 3.05) is 6.54 Å². The van der Waals surface area contributed by atoms with E-state index in [9.17, 15) is 14.0 Å². The van der Waals surface area contributed by atoms with Crippen molar-refractivity contribution in [2.24, 2.45) is 0 Å². The van der Waals surface area contributed by atoms with Crippen molar-refractivity contribution in [1.82, 2.24) is 10.5 Å². The lowest BCUT2D eigenvalue weighted by Crippen LogP contribution is -2.30. The molecule has 5 nitrogen and oxygen atoms in total. The maximum Gasteiger partial charge on any atom is 0.257 e. The molecule has 3 aromatic rings. The van der Waals surface area contributed by atoms with Gasteiger partial charge in [-0.25, -0.2) is 4.39 Å². The van der Waals surface area contributed by atoms with Crippen molar-refractivity contribution in [3.05, 3.63) is 74.7 Å². The fourth-order valence-electron chi connectivity index (χ4n) is 2.52. The highest BCUT2D eigenvalue weighted by Gasteiger charge is 2.25. The zero-order chi connectivity index (χ0) is 19.6. The highest BCUT2D eigenvalue weighted by molar-refractivity contribution is 9.10. The Bertz CT molecular complexity index is 998. The van der Waals surface area contributed by atoms with Crippen LogP contribution in [0.5, 0.6) is 0 Å². The highest BCUT2D eigenvalue weighted by Crippen LogP contribution is 2.33. The van der Waals surface area contributed by atoms with Gasteiger partial charge in [0.2, 0.25) is 0 Å². The number of nitrogens with zero attached hydrogens (tertiary/aromatic N) is 1. The summed E-state index contributed by atoms with van der Waals surface area (Å²) in [6.45, 7) is 1.30. The highest BCUT2D eigenvalue weighted by atomic mass is 79.9. The number of rotatable bonds is 5. The number of hydrogen-bond donors (Lipinski definition) is 1. The third kappa shape index (κ3) is 4.09. The Balaban J connectivity index is 1.83. The number of aromatic nitrogens is 1. The van der Waals surface area contributed by atoms with Gasteiger partial charge in [0.25, 0.3) is 5.91 Å². The number of Topliss-reactive ketones (excluding diaryl/α,β-unsaturated/α-hetero) is 1. The van der Waals surface area contributed by atoms with E-state index in [2.05, 4.69) is 26.4 Å². The molecule has 0 radical (unpaired) electrons. The van der Waals surface area contributed by atoms with E-state index in [1.165, 1.54) is 25.1 Å². The van der Waals surface area contributed by atoms with E-state index in [1.807, 2.05) is 0 Å². The number of ketones is 1. The topological polar surface area (TPSA) is 72.2 Å². The summed E-state index contributed by atoms with van der Waals surface area (Å²) in [6, 6.07) is 10.9. The Labute approximate surface area is 167 Å². The summed E-state index contributed by atoms with van der Waals surface area (Å²) >= 11 is 9.35. The lowest BCUT2D eigenvalue weighted by Gasteiger charge is -2.07. The van der Waals surface area contributed by atoms with Crippen molar-refractivity contribution in [1.29, 1.82) is 0 Å². The molecule has 2 aromatic carbocycles. The van der Waals surface area contributed by atoms with E-state index in [4.69, 9.17) is 16.1 Å². The molecule has 0 fully saturated rings. The number of nitrogens with one attached hydrogen (secondary N) is 1. The van der Waals surface area contributed by atoms with Crippen LogP contribution in [0.1, 0.15) is 26.5 Å². The lowest BCUT2D eigenvalue weighted by atomic mass is 10.0. The molecule has 0 aliphatic carbocycles. The van der Waals surface area contributed by atoms with Gasteiger partial charge in [-0.1, -0.05) is 50.9 Å². The molecule has 3 rings (SSSR count). The van der Waals surface area contributed by atoms with Gasteiger partial charge in [-0.3, -0.25) is 9.59 Å². The molecule has 1 amide bonds. The first-order valence-electron chi connectivity index (χ1n) is 7.86. The van der Waals surface area contributed by atoms with Gasteiger partial charge in [0.1, 0.15) is 22.8 Å². The zero-order valence-electron chi connectivity index (χ0n) is 14.1. The first-order chi connectivity index (χ1) is 12.9. The van der Waals surface area contributed by atoms with Gasteiger partial charge in [0.15, 0.2) is 5.78 Å². The standard InChI is InChI=1S/C19H13BrClFN2O3/c1-10-16(18(24-27-10)17-13(21)3-2-4-14(17)22)19(26)23-9-15(25)11-5-7-12(20)8-6-11/h2-8H,9H2,1H3,(H,23,26). The predicted octanol–water partition coefficient (Wildman–Crippen LogP) is 4.82. The van der Waals surface area contributed by atoms with Crippen LogP contribution < -0.4 is 5.32 Å². The SMILES string of the molecule is Cc1onc(-c2c(F)cccc2Cl)c1C(=O)NCC(=O)c1ccc(Br)cc1. The largest absolute Gasteiger partial charge is 0.360 e. The number of amides is 1. The average molecular weight is 452 g/mol. The number of benzene rings is 2. The number of halogens is 3. The molecule has 1 aromatic heterocycles. The number of hydrogen-bond acceptors (Lipinski definition) is 4.